The number of rotatable bonds is 10. The van der Waals surface area contributed by atoms with E-state index in [1.807, 2.05) is 0 Å². The van der Waals surface area contributed by atoms with Crippen LogP contribution in [0.1, 0.15) is 31.9 Å². The van der Waals surface area contributed by atoms with Gasteiger partial charge in [-0.2, -0.15) is 17.4 Å². The lowest BCUT2D eigenvalue weighted by Gasteiger charge is -2.32. The van der Waals surface area contributed by atoms with Crippen molar-refractivity contribution < 1.29 is 37.0 Å². The van der Waals surface area contributed by atoms with E-state index in [1.165, 1.54) is 0 Å². The van der Waals surface area contributed by atoms with Crippen LogP contribution in [0, 0.1) is 0 Å². The highest BCUT2D eigenvalue weighted by molar-refractivity contribution is 7.87. The first-order valence-corrected chi connectivity index (χ1v) is 12.6. The van der Waals surface area contributed by atoms with Gasteiger partial charge in [-0.05, 0) is 38.3 Å². The maximum Gasteiger partial charge on any atom is 0.425 e. The molecule has 1 amide bonds. The third-order valence-electron chi connectivity index (χ3n) is 4.92. The van der Waals surface area contributed by atoms with Gasteiger partial charge in [0.1, 0.15) is 11.6 Å². The second-order valence-corrected chi connectivity index (χ2v) is 10.5. The van der Waals surface area contributed by atoms with Gasteiger partial charge in [0.15, 0.2) is 6.04 Å². The Kier molecular flexibility index (Phi) is 10.00. The van der Waals surface area contributed by atoms with Crippen molar-refractivity contribution in [3.05, 3.63) is 71.8 Å². The van der Waals surface area contributed by atoms with Gasteiger partial charge in [-0.15, -0.1) is 0 Å². The number of hydrogen-bond acceptors (Lipinski definition) is 8. The molecule has 2 aromatic rings. The zero-order chi connectivity index (χ0) is 26.9. The van der Waals surface area contributed by atoms with Gasteiger partial charge in [0.25, 0.3) is 0 Å². The molecule has 0 bridgehead atoms. The van der Waals surface area contributed by atoms with Crippen molar-refractivity contribution in [3.63, 3.8) is 0 Å². The molecule has 0 radical (unpaired) electrons. The molecule has 0 fully saturated rings. The van der Waals surface area contributed by atoms with Crippen molar-refractivity contribution in [1.29, 1.82) is 0 Å². The average molecular weight is 521 g/mol. The van der Waals surface area contributed by atoms with Gasteiger partial charge in [0, 0.05) is 6.42 Å². The van der Waals surface area contributed by atoms with Crippen molar-refractivity contribution in [2.45, 2.75) is 51.3 Å². The van der Waals surface area contributed by atoms with Crippen LogP contribution in [0.3, 0.4) is 0 Å². The first kappa shape index (κ1) is 28.8. The second-order valence-electron chi connectivity index (χ2n) is 8.89. The Bertz CT molecular complexity index is 1130. The molecule has 0 saturated heterocycles. The topological polar surface area (TPSA) is 128 Å². The highest BCUT2D eigenvalue weighted by Gasteiger charge is 2.43. The summed E-state index contributed by atoms with van der Waals surface area (Å²) >= 11 is 0. The van der Waals surface area contributed by atoms with Gasteiger partial charge < -0.3 is 14.2 Å². The molecule has 2 atom stereocenters. The second kappa shape index (κ2) is 12.5. The molecule has 0 spiro atoms. The largest absolute Gasteiger partial charge is 0.468 e. The van der Waals surface area contributed by atoms with Crippen LogP contribution in [0.2, 0.25) is 0 Å². The molecular formula is C25H32N2O8S. The number of methoxy groups -OCH3 is 2. The summed E-state index contributed by atoms with van der Waals surface area (Å²) in [6.07, 6.45) is -1.55. The number of nitrogens with one attached hydrogen (secondary N) is 1. The predicted octanol–water partition coefficient (Wildman–Crippen LogP) is 2.63. The fourth-order valence-corrected chi connectivity index (χ4v) is 4.72. The number of nitrogens with zero attached hydrogens (tertiary/aromatic N) is 1. The molecule has 1 N–H and O–H groups in total. The van der Waals surface area contributed by atoms with Crippen LogP contribution in [-0.2, 0) is 46.9 Å². The number of ether oxygens (including phenoxy) is 3. The van der Waals surface area contributed by atoms with E-state index in [1.54, 1.807) is 81.4 Å². The minimum absolute atomic E-state index is 0.0590. The first-order chi connectivity index (χ1) is 16.9. The monoisotopic (exact) mass is 520 g/mol. The molecule has 2 aromatic carbocycles. The molecule has 11 heteroatoms. The Balaban J connectivity index is 2.53. The summed E-state index contributed by atoms with van der Waals surface area (Å²) < 4.78 is 44.7. The van der Waals surface area contributed by atoms with Gasteiger partial charge in [-0.1, -0.05) is 60.7 Å². The zero-order valence-corrected chi connectivity index (χ0v) is 21.8. The fraction of sp³-hybridized carbons (Fsp3) is 0.400. The van der Waals surface area contributed by atoms with Crippen molar-refractivity contribution in [3.8, 4) is 0 Å². The smallest absolute Gasteiger partial charge is 0.425 e. The van der Waals surface area contributed by atoms with E-state index in [0.717, 1.165) is 14.2 Å². The minimum atomic E-state index is -4.84. The van der Waals surface area contributed by atoms with Crippen molar-refractivity contribution >= 4 is 28.2 Å². The number of carbonyl (C=O) groups is 3. The number of hydrogen-bond donors (Lipinski definition) is 1. The van der Waals surface area contributed by atoms with Gasteiger partial charge in [0.2, 0.25) is 0 Å². The predicted molar refractivity (Wildman–Crippen MR) is 132 cm³/mol. The van der Waals surface area contributed by atoms with Crippen LogP contribution in [0.4, 0.5) is 4.79 Å². The molecular weight excluding hydrogens is 488 g/mol. The molecule has 36 heavy (non-hydrogen) atoms. The summed E-state index contributed by atoms with van der Waals surface area (Å²) in [5.74, 6) is -1.85. The average Bonchev–Trinajstić information content (AvgIpc) is 2.82. The molecule has 0 aliphatic carbocycles. The zero-order valence-electron chi connectivity index (χ0n) is 21.0. The summed E-state index contributed by atoms with van der Waals surface area (Å²) in [6, 6.07) is 14.2. The SMILES string of the molecule is COC(=O)[C@H](Cc1ccccc1)NS(=O)(=O)N(C(=O)OC(C)(C)C)[C@@H](Cc1ccccc1)C(=O)OC. The molecule has 0 unspecified atom stereocenters. The summed E-state index contributed by atoms with van der Waals surface area (Å²) in [5, 5.41) is 0. The number of carbonyl (C=O) groups excluding carboxylic acids is 3. The van der Waals surface area contributed by atoms with Crippen molar-refractivity contribution in [2.24, 2.45) is 0 Å². The van der Waals surface area contributed by atoms with Crippen molar-refractivity contribution in [1.82, 2.24) is 9.03 Å². The Morgan fingerprint density at radius 3 is 1.75 bits per heavy atom. The van der Waals surface area contributed by atoms with Crippen LogP contribution >= 0.6 is 0 Å². The molecule has 196 valence electrons. The Morgan fingerprint density at radius 1 is 0.833 bits per heavy atom. The van der Waals surface area contributed by atoms with Crippen LogP contribution in [0.5, 0.6) is 0 Å². The molecule has 0 aromatic heterocycles. The number of benzene rings is 2. The Labute approximate surface area is 211 Å². The fourth-order valence-electron chi connectivity index (χ4n) is 3.34. The van der Waals surface area contributed by atoms with Crippen LogP contribution < -0.4 is 4.72 Å². The van der Waals surface area contributed by atoms with E-state index in [9.17, 15) is 22.8 Å². The van der Waals surface area contributed by atoms with Crippen molar-refractivity contribution in [2.75, 3.05) is 14.2 Å². The molecule has 0 aliphatic heterocycles. The molecule has 0 heterocycles. The highest BCUT2D eigenvalue weighted by atomic mass is 32.2. The summed E-state index contributed by atoms with van der Waals surface area (Å²) in [6.45, 7) is 4.67. The lowest BCUT2D eigenvalue weighted by Crippen LogP contribution is -2.58. The van der Waals surface area contributed by atoms with Crippen LogP contribution in [0.25, 0.3) is 0 Å². The lowest BCUT2D eigenvalue weighted by molar-refractivity contribution is -0.145. The lowest BCUT2D eigenvalue weighted by atomic mass is 10.1. The molecule has 10 nitrogen and oxygen atoms in total. The van der Waals surface area contributed by atoms with Gasteiger partial charge >= 0.3 is 28.2 Å². The molecule has 0 saturated carbocycles. The normalized spacial score (nSPS) is 13.2. The van der Waals surface area contributed by atoms with E-state index in [0.29, 0.717) is 11.1 Å². The van der Waals surface area contributed by atoms with Gasteiger partial charge in [-0.25, -0.2) is 9.59 Å². The summed E-state index contributed by atoms with van der Waals surface area (Å²) in [7, 11) is -2.63. The third-order valence-corrected chi connectivity index (χ3v) is 6.42. The Morgan fingerprint density at radius 2 is 1.31 bits per heavy atom. The summed E-state index contributed by atoms with van der Waals surface area (Å²) in [4.78, 5) is 38.5. The third kappa shape index (κ3) is 8.35. The van der Waals surface area contributed by atoms with Gasteiger partial charge in [-0.3, -0.25) is 4.79 Å². The van der Waals surface area contributed by atoms with E-state index >= 15 is 0 Å². The van der Waals surface area contributed by atoms with E-state index in [2.05, 4.69) is 4.72 Å². The first-order valence-electron chi connectivity index (χ1n) is 11.2. The maximum atomic E-state index is 13.6. The summed E-state index contributed by atoms with van der Waals surface area (Å²) in [5.41, 5.74) is 0.142. The van der Waals surface area contributed by atoms with Crippen LogP contribution in [-0.4, -0.2) is 62.7 Å². The highest BCUT2D eigenvalue weighted by Crippen LogP contribution is 2.20. The molecule has 2 rings (SSSR count). The maximum absolute atomic E-state index is 13.6. The Hall–Kier alpha value is -3.44. The van der Waals surface area contributed by atoms with E-state index in [-0.39, 0.29) is 17.1 Å². The van der Waals surface area contributed by atoms with Gasteiger partial charge in [0.05, 0.1) is 14.2 Å². The minimum Gasteiger partial charge on any atom is -0.468 e. The number of esters is 2. The number of amides is 1. The molecule has 0 aliphatic rings. The van der Waals surface area contributed by atoms with E-state index in [4.69, 9.17) is 14.2 Å². The van der Waals surface area contributed by atoms with Crippen LogP contribution in [0.15, 0.2) is 60.7 Å². The standard InChI is InChI=1S/C25H32N2O8S/c1-25(2,3)35-24(30)27(21(23(29)34-5)17-19-14-10-7-11-15-19)36(31,32)26-20(22(28)33-4)16-18-12-8-6-9-13-18/h6-15,20-21,26H,16-17H2,1-5H3/t20-,21-/m0/s1. The van der Waals surface area contributed by atoms with E-state index < -0.39 is 45.9 Å². The quantitative estimate of drug-likeness (QED) is 0.374.